The van der Waals surface area contributed by atoms with Crippen molar-refractivity contribution < 1.29 is 4.79 Å². The van der Waals surface area contributed by atoms with E-state index >= 15 is 0 Å². The zero-order valence-electron chi connectivity index (χ0n) is 11.0. The van der Waals surface area contributed by atoms with Gasteiger partial charge in [0.05, 0.1) is 6.54 Å². The molecule has 0 aromatic heterocycles. The van der Waals surface area contributed by atoms with E-state index in [1.165, 1.54) is 0 Å². The maximum absolute atomic E-state index is 11.4. The quantitative estimate of drug-likeness (QED) is 0.751. The molecule has 2 N–H and O–H groups in total. The molecule has 3 nitrogen and oxygen atoms in total. The van der Waals surface area contributed by atoms with E-state index in [-0.39, 0.29) is 16.9 Å². The predicted octanol–water partition coefficient (Wildman–Crippen LogP) is 1.93. The van der Waals surface area contributed by atoms with E-state index in [0.717, 1.165) is 13.0 Å². The van der Waals surface area contributed by atoms with Gasteiger partial charge in [0.2, 0.25) is 5.91 Å². The van der Waals surface area contributed by atoms with Crippen molar-refractivity contribution in [2.75, 3.05) is 13.1 Å². The zero-order chi connectivity index (χ0) is 12.1. The molecule has 0 saturated heterocycles. The van der Waals surface area contributed by atoms with E-state index in [4.69, 9.17) is 0 Å². The second-order valence-electron chi connectivity index (χ2n) is 6.26. The highest BCUT2D eigenvalue weighted by atomic mass is 16.1. The molecule has 0 unspecified atom stereocenters. The molecule has 0 aliphatic carbocycles. The van der Waals surface area contributed by atoms with Gasteiger partial charge in [0, 0.05) is 12.1 Å². The lowest BCUT2D eigenvalue weighted by atomic mass is 9.92. The normalized spacial score (nSPS) is 12.7. The lowest BCUT2D eigenvalue weighted by molar-refractivity contribution is -0.120. The molecule has 1 amide bonds. The summed E-state index contributed by atoms with van der Waals surface area (Å²) in [6, 6.07) is 0. The highest BCUT2D eigenvalue weighted by Gasteiger charge is 2.12. The molecule has 0 saturated carbocycles. The van der Waals surface area contributed by atoms with Crippen molar-refractivity contribution >= 4 is 5.91 Å². The van der Waals surface area contributed by atoms with Crippen molar-refractivity contribution in [1.82, 2.24) is 10.6 Å². The molecule has 0 aromatic rings. The van der Waals surface area contributed by atoms with Crippen LogP contribution in [0.25, 0.3) is 0 Å². The van der Waals surface area contributed by atoms with Crippen LogP contribution in [0.15, 0.2) is 0 Å². The van der Waals surface area contributed by atoms with Crippen LogP contribution in [0, 0.1) is 5.41 Å². The van der Waals surface area contributed by atoms with Crippen LogP contribution in [-0.2, 0) is 4.79 Å². The molecule has 0 bridgehead atoms. The van der Waals surface area contributed by atoms with Crippen LogP contribution in [0.2, 0.25) is 0 Å². The number of carbonyl (C=O) groups is 1. The molecule has 0 heterocycles. The Bertz CT molecular complexity index is 199. The lowest BCUT2D eigenvalue weighted by Crippen LogP contribution is -2.43. The van der Waals surface area contributed by atoms with E-state index in [1.807, 2.05) is 0 Å². The molecule has 0 spiro atoms. The van der Waals surface area contributed by atoms with Gasteiger partial charge in [-0.3, -0.25) is 4.79 Å². The molecule has 0 rings (SSSR count). The van der Waals surface area contributed by atoms with Gasteiger partial charge in [0.25, 0.3) is 0 Å². The average Bonchev–Trinajstić information content (AvgIpc) is 1.97. The summed E-state index contributed by atoms with van der Waals surface area (Å²) in [6.45, 7) is 13.8. The first kappa shape index (κ1) is 14.4. The van der Waals surface area contributed by atoms with E-state index in [0.29, 0.717) is 6.54 Å². The molecule has 3 heteroatoms. The first-order valence-corrected chi connectivity index (χ1v) is 5.62. The van der Waals surface area contributed by atoms with Gasteiger partial charge < -0.3 is 10.6 Å². The van der Waals surface area contributed by atoms with Crippen LogP contribution >= 0.6 is 0 Å². The van der Waals surface area contributed by atoms with Gasteiger partial charge in [-0.1, -0.05) is 20.8 Å². The summed E-state index contributed by atoms with van der Waals surface area (Å²) in [6.07, 6.45) is 1.01. The van der Waals surface area contributed by atoms with Gasteiger partial charge in [-0.15, -0.1) is 0 Å². The monoisotopic (exact) mass is 214 g/mol. The number of hydrogen-bond donors (Lipinski definition) is 2. The molecular weight excluding hydrogens is 188 g/mol. The van der Waals surface area contributed by atoms with Gasteiger partial charge in [-0.2, -0.15) is 0 Å². The molecule has 90 valence electrons. The summed E-state index contributed by atoms with van der Waals surface area (Å²) in [4.78, 5) is 11.4. The minimum atomic E-state index is 0.00136. The first-order chi connectivity index (χ1) is 6.60. The standard InChI is InChI=1S/C12H26N2O/c1-11(2,3)7-8-13-10(15)9-14-12(4,5)6/h14H,7-9H2,1-6H3,(H,13,15). The van der Waals surface area contributed by atoms with E-state index in [1.54, 1.807) is 0 Å². The Morgan fingerprint density at radius 3 is 2.00 bits per heavy atom. The molecule has 0 atom stereocenters. The number of nitrogens with one attached hydrogen (secondary N) is 2. The Labute approximate surface area is 94.0 Å². The van der Waals surface area contributed by atoms with Crippen LogP contribution in [0.1, 0.15) is 48.0 Å². The van der Waals surface area contributed by atoms with Gasteiger partial charge in [0.1, 0.15) is 0 Å². The van der Waals surface area contributed by atoms with E-state index in [2.05, 4.69) is 52.2 Å². The number of carbonyl (C=O) groups excluding carboxylic acids is 1. The second-order valence-corrected chi connectivity index (χ2v) is 6.26. The maximum atomic E-state index is 11.4. The van der Waals surface area contributed by atoms with Crippen LogP contribution in [-0.4, -0.2) is 24.5 Å². The van der Waals surface area contributed by atoms with Crippen molar-refractivity contribution in [3.63, 3.8) is 0 Å². The topological polar surface area (TPSA) is 41.1 Å². The van der Waals surface area contributed by atoms with Crippen molar-refractivity contribution in [2.24, 2.45) is 5.41 Å². The predicted molar refractivity (Wildman–Crippen MR) is 64.8 cm³/mol. The van der Waals surface area contributed by atoms with Crippen molar-refractivity contribution in [1.29, 1.82) is 0 Å². The van der Waals surface area contributed by atoms with Crippen LogP contribution in [0.4, 0.5) is 0 Å². The first-order valence-electron chi connectivity index (χ1n) is 5.62. The Morgan fingerprint density at radius 2 is 1.60 bits per heavy atom. The molecule has 0 aromatic carbocycles. The summed E-state index contributed by atoms with van der Waals surface area (Å²) >= 11 is 0. The third-order valence-electron chi connectivity index (χ3n) is 1.98. The number of hydrogen-bond acceptors (Lipinski definition) is 2. The summed E-state index contributed by atoms with van der Waals surface area (Å²) in [5, 5.41) is 6.07. The minimum Gasteiger partial charge on any atom is -0.355 e. The van der Waals surface area contributed by atoms with E-state index < -0.39 is 0 Å². The highest BCUT2D eigenvalue weighted by molar-refractivity contribution is 5.78. The largest absolute Gasteiger partial charge is 0.355 e. The van der Waals surface area contributed by atoms with Crippen molar-refractivity contribution in [3.05, 3.63) is 0 Å². The Morgan fingerprint density at radius 1 is 1.07 bits per heavy atom. The molecule has 0 fully saturated rings. The zero-order valence-corrected chi connectivity index (χ0v) is 11.0. The Balaban J connectivity index is 3.60. The third kappa shape index (κ3) is 11.4. The number of rotatable bonds is 4. The van der Waals surface area contributed by atoms with Gasteiger partial charge in [-0.25, -0.2) is 0 Å². The molecule has 0 aliphatic heterocycles. The van der Waals surface area contributed by atoms with Crippen molar-refractivity contribution in [2.45, 2.75) is 53.5 Å². The van der Waals surface area contributed by atoms with Gasteiger partial charge >= 0.3 is 0 Å². The lowest BCUT2D eigenvalue weighted by Gasteiger charge is -2.21. The Hall–Kier alpha value is -0.570. The molecule has 15 heavy (non-hydrogen) atoms. The SMILES string of the molecule is CC(C)(C)CCNC(=O)CNC(C)(C)C. The van der Waals surface area contributed by atoms with Crippen LogP contribution in [0.3, 0.4) is 0 Å². The average molecular weight is 214 g/mol. The third-order valence-corrected chi connectivity index (χ3v) is 1.98. The summed E-state index contributed by atoms with van der Waals surface area (Å²) < 4.78 is 0. The van der Waals surface area contributed by atoms with Crippen molar-refractivity contribution in [3.8, 4) is 0 Å². The second kappa shape index (κ2) is 5.50. The summed E-state index contributed by atoms with van der Waals surface area (Å²) in [7, 11) is 0. The fraction of sp³-hybridized carbons (Fsp3) is 0.917. The van der Waals surface area contributed by atoms with E-state index in [9.17, 15) is 4.79 Å². The highest BCUT2D eigenvalue weighted by Crippen LogP contribution is 2.16. The van der Waals surface area contributed by atoms with Crippen LogP contribution < -0.4 is 10.6 Å². The minimum absolute atomic E-state index is 0.00136. The summed E-state index contributed by atoms with van der Waals surface area (Å²) in [5.74, 6) is 0.0779. The fourth-order valence-corrected chi connectivity index (χ4v) is 0.985. The molecular formula is C12H26N2O. The Kier molecular flexibility index (Phi) is 5.29. The molecule has 0 radical (unpaired) electrons. The maximum Gasteiger partial charge on any atom is 0.233 e. The molecule has 0 aliphatic rings. The van der Waals surface area contributed by atoms with Gasteiger partial charge in [-0.05, 0) is 32.6 Å². The van der Waals surface area contributed by atoms with Gasteiger partial charge in [0.15, 0.2) is 0 Å². The fourth-order valence-electron chi connectivity index (χ4n) is 0.985. The number of amides is 1. The van der Waals surface area contributed by atoms with Crippen LogP contribution in [0.5, 0.6) is 0 Å². The summed E-state index contributed by atoms with van der Waals surface area (Å²) in [5.41, 5.74) is 0.284. The smallest absolute Gasteiger partial charge is 0.233 e.